The van der Waals surface area contributed by atoms with Crippen molar-refractivity contribution in [1.29, 1.82) is 0 Å². The highest BCUT2D eigenvalue weighted by Gasteiger charge is 2.30. The summed E-state index contributed by atoms with van der Waals surface area (Å²) in [6.45, 7) is 13.3. The van der Waals surface area contributed by atoms with Gasteiger partial charge in [0.2, 0.25) is 5.91 Å². The standard InChI is InChI=1S/C23H36N4O/c1-5-7-14-27(18(3)4)23(28)19-12-15-25(16-13-19)17-22-24-20-10-8-9-11-21(20)26(22)6-2/h8-11,18-19H,5-7,12-17H2,1-4H3. The SMILES string of the molecule is CCCCN(C(=O)C1CCN(Cc2nc3ccccc3n2CC)CC1)C(C)C. The normalized spacial score (nSPS) is 16.2. The number of benzene rings is 1. The molecule has 0 bridgehead atoms. The molecule has 1 aromatic carbocycles. The molecule has 1 fully saturated rings. The number of para-hydroxylation sites is 2. The molecule has 0 atom stereocenters. The molecule has 0 radical (unpaired) electrons. The summed E-state index contributed by atoms with van der Waals surface area (Å²) in [6.07, 6.45) is 4.14. The third kappa shape index (κ3) is 4.57. The van der Waals surface area contributed by atoms with Gasteiger partial charge in [0, 0.05) is 25.0 Å². The Kier molecular flexibility index (Phi) is 7.11. The maximum absolute atomic E-state index is 13.0. The first-order valence-corrected chi connectivity index (χ1v) is 11.0. The third-order valence-corrected chi connectivity index (χ3v) is 6.01. The molecule has 0 N–H and O–H groups in total. The molecule has 0 saturated carbocycles. The van der Waals surface area contributed by atoms with E-state index in [0.717, 1.165) is 69.7 Å². The predicted molar refractivity (Wildman–Crippen MR) is 115 cm³/mol. The molecule has 28 heavy (non-hydrogen) atoms. The van der Waals surface area contributed by atoms with Crippen molar-refractivity contribution in [2.75, 3.05) is 19.6 Å². The Morgan fingerprint density at radius 1 is 1.21 bits per heavy atom. The Bertz CT molecular complexity index is 774. The van der Waals surface area contributed by atoms with Crippen LogP contribution in [0.1, 0.15) is 59.2 Å². The number of piperidine rings is 1. The van der Waals surface area contributed by atoms with Crippen molar-refractivity contribution in [3.8, 4) is 0 Å². The van der Waals surface area contributed by atoms with Gasteiger partial charge in [0.05, 0.1) is 17.6 Å². The van der Waals surface area contributed by atoms with Gasteiger partial charge in [0.15, 0.2) is 0 Å². The molecule has 0 spiro atoms. The summed E-state index contributed by atoms with van der Waals surface area (Å²) in [6, 6.07) is 8.66. The molecule has 154 valence electrons. The van der Waals surface area contributed by atoms with Crippen molar-refractivity contribution >= 4 is 16.9 Å². The van der Waals surface area contributed by atoms with E-state index in [4.69, 9.17) is 4.98 Å². The van der Waals surface area contributed by atoms with E-state index in [1.54, 1.807) is 0 Å². The molecule has 2 aromatic rings. The van der Waals surface area contributed by atoms with Gasteiger partial charge in [-0.3, -0.25) is 9.69 Å². The fourth-order valence-corrected chi connectivity index (χ4v) is 4.32. The number of aromatic nitrogens is 2. The van der Waals surface area contributed by atoms with Crippen LogP contribution in [-0.4, -0.2) is 50.9 Å². The molecular formula is C23H36N4O. The first-order chi connectivity index (χ1) is 13.5. The van der Waals surface area contributed by atoms with Gasteiger partial charge in [-0.1, -0.05) is 25.5 Å². The lowest BCUT2D eigenvalue weighted by atomic mass is 9.94. The Hall–Kier alpha value is -1.88. The Balaban J connectivity index is 1.60. The van der Waals surface area contributed by atoms with Crippen LogP contribution < -0.4 is 0 Å². The average Bonchev–Trinajstić information content (AvgIpc) is 3.05. The van der Waals surface area contributed by atoms with Gasteiger partial charge in [-0.2, -0.15) is 0 Å². The van der Waals surface area contributed by atoms with Gasteiger partial charge in [-0.05, 0) is 65.3 Å². The molecule has 1 aliphatic heterocycles. The van der Waals surface area contributed by atoms with Crippen molar-refractivity contribution < 1.29 is 4.79 Å². The minimum atomic E-state index is 0.181. The second kappa shape index (κ2) is 9.55. The van der Waals surface area contributed by atoms with Gasteiger partial charge < -0.3 is 9.47 Å². The molecule has 3 rings (SSSR count). The highest BCUT2D eigenvalue weighted by atomic mass is 16.2. The lowest BCUT2D eigenvalue weighted by Gasteiger charge is -2.35. The van der Waals surface area contributed by atoms with E-state index in [1.165, 1.54) is 5.52 Å². The zero-order valence-electron chi connectivity index (χ0n) is 18.0. The first-order valence-electron chi connectivity index (χ1n) is 11.0. The Morgan fingerprint density at radius 3 is 2.57 bits per heavy atom. The summed E-state index contributed by atoms with van der Waals surface area (Å²) in [5, 5.41) is 0. The van der Waals surface area contributed by atoms with Crippen molar-refractivity contribution in [3.63, 3.8) is 0 Å². The third-order valence-electron chi connectivity index (χ3n) is 6.01. The lowest BCUT2D eigenvalue weighted by molar-refractivity contribution is -0.139. The van der Waals surface area contributed by atoms with E-state index in [1.807, 2.05) is 0 Å². The van der Waals surface area contributed by atoms with Crippen molar-refractivity contribution in [1.82, 2.24) is 19.4 Å². The minimum Gasteiger partial charge on any atom is -0.340 e. The van der Waals surface area contributed by atoms with Crippen molar-refractivity contribution in [2.24, 2.45) is 5.92 Å². The van der Waals surface area contributed by atoms with Crippen LogP contribution in [0.3, 0.4) is 0 Å². The molecule has 5 heteroatoms. The monoisotopic (exact) mass is 384 g/mol. The Labute approximate surface area is 169 Å². The molecule has 1 saturated heterocycles. The lowest BCUT2D eigenvalue weighted by Crippen LogP contribution is -2.45. The van der Waals surface area contributed by atoms with Gasteiger partial charge in [-0.15, -0.1) is 0 Å². The zero-order valence-corrected chi connectivity index (χ0v) is 18.0. The number of likely N-dealkylation sites (tertiary alicyclic amines) is 1. The van der Waals surface area contributed by atoms with Gasteiger partial charge in [0.25, 0.3) is 0 Å². The number of imidazole rings is 1. The van der Waals surface area contributed by atoms with Gasteiger partial charge >= 0.3 is 0 Å². The summed E-state index contributed by atoms with van der Waals surface area (Å²) in [4.78, 5) is 22.4. The van der Waals surface area contributed by atoms with Gasteiger partial charge in [-0.25, -0.2) is 4.98 Å². The maximum atomic E-state index is 13.0. The molecule has 1 aliphatic rings. The average molecular weight is 385 g/mol. The van der Waals surface area contributed by atoms with Crippen LogP contribution in [0.5, 0.6) is 0 Å². The number of hydrogen-bond donors (Lipinski definition) is 0. The largest absolute Gasteiger partial charge is 0.340 e. The van der Waals surface area contributed by atoms with Crippen LogP contribution >= 0.6 is 0 Å². The Morgan fingerprint density at radius 2 is 1.93 bits per heavy atom. The summed E-state index contributed by atoms with van der Waals surface area (Å²) in [7, 11) is 0. The van der Waals surface area contributed by atoms with Crippen LogP contribution in [0.15, 0.2) is 24.3 Å². The van der Waals surface area contributed by atoms with Crippen LogP contribution in [0.25, 0.3) is 11.0 Å². The fraction of sp³-hybridized carbons (Fsp3) is 0.652. The molecule has 2 heterocycles. The minimum absolute atomic E-state index is 0.181. The quantitative estimate of drug-likeness (QED) is 0.681. The highest BCUT2D eigenvalue weighted by Crippen LogP contribution is 2.24. The number of nitrogens with zero attached hydrogens (tertiary/aromatic N) is 4. The fourth-order valence-electron chi connectivity index (χ4n) is 4.32. The molecule has 0 aliphatic carbocycles. The topological polar surface area (TPSA) is 41.4 Å². The van der Waals surface area contributed by atoms with Crippen molar-refractivity contribution in [2.45, 2.75) is 72.5 Å². The number of unbranched alkanes of at least 4 members (excludes halogenated alkanes) is 1. The second-order valence-corrected chi connectivity index (χ2v) is 8.29. The van der Waals surface area contributed by atoms with E-state index < -0.39 is 0 Å². The van der Waals surface area contributed by atoms with Gasteiger partial charge in [0.1, 0.15) is 5.82 Å². The van der Waals surface area contributed by atoms with E-state index in [-0.39, 0.29) is 5.92 Å². The number of rotatable bonds is 8. The van der Waals surface area contributed by atoms with Crippen molar-refractivity contribution in [3.05, 3.63) is 30.1 Å². The smallest absolute Gasteiger partial charge is 0.226 e. The molecule has 1 amide bonds. The number of amides is 1. The highest BCUT2D eigenvalue weighted by molar-refractivity contribution is 5.79. The molecule has 1 aromatic heterocycles. The summed E-state index contributed by atoms with van der Waals surface area (Å²) < 4.78 is 2.32. The van der Waals surface area contributed by atoms with Crippen LogP contribution in [0.2, 0.25) is 0 Å². The summed E-state index contributed by atoms with van der Waals surface area (Å²) >= 11 is 0. The number of carbonyl (C=O) groups excluding carboxylic acids is 1. The molecule has 5 nitrogen and oxygen atoms in total. The number of fused-ring (bicyclic) bond motifs is 1. The predicted octanol–water partition coefficient (Wildman–Crippen LogP) is 4.31. The zero-order chi connectivity index (χ0) is 20.1. The van der Waals surface area contributed by atoms with E-state index >= 15 is 0 Å². The molecular weight excluding hydrogens is 348 g/mol. The van der Waals surface area contributed by atoms with E-state index in [0.29, 0.717) is 11.9 Å². The number of carbonyl (C=O) groups is 1. The summed E-state index contributed by atoms with van der Waals surface area (Å²) in [5.74, 6) is 1.68. The molecule has 0 unspecified atom stereocenters. The number of hydrogen-bond acceptors (Lipinski definition) is 3. The van der Waals surface area contributed by atoms with E-state index in [9.17, 15) is 4.79 Å². The maximum Gasteiger partial charge on any atom is 0.226 e. The van der Waals surface area contributed by atoms with Crippen LogP contribution in [-0.2, 0) is 17.9 Å². The number of aryl methyl sites for hydroxylation is 1. The summed E-state index contributed by atoms with van der Waals surface area (Å²) in [5.41, 5.74) is 2.29. The van der Waals surface area contributed by atoms with Crippen LogP contribution in [0.4, 0.5) is 0 Å². The van der Waals surface area contributed by atoms with E-state index in [2.05, 4.69) is 66.3 Å². The van der Waals surface area contributed by atoms with Crippen LogP contribution in [0, 0.1) is 5.92 Å². The second-order valence-electron chi connectivity index (χ2n) is 8.29. The first kappa shape index (κ1) is 20.8.